The summed E-state index contributed by atoms with van der Waals surface area (Å²) in [4.78, 5) is 0.666. The van der Waals surface area contributed by atoms with E-state index in [9.17, 15) is 4.21 Å². The van der Waals surface area contributed by atoms with E-state index >= 15 is 0 Å². The second-order valence-corrected chi connectivity index (χ2v) is 5.32. The molecule has 1 aromatic carbocycles. The minimum absolute atomic E-state index is 0.427. The predicted octanol–water partition coefficient (Wildman–Crippen LogP) is 1.69. The van der Waals surface area contributed by atoms with Gasteiger partial charge in [0.15, 0.2) is 0 Å². The highest BCUT2D eigenvalue weighted by atomic mass is 35.5. The van der Waals surface area contributed by atoms with Crippen LogP contribution in [0.3, 0.4) is 0 Å². The fraction of sp³-hybridized carbons (Fsp3) is 0.455. The van der Waals surface area contributed by atoms with Gasteiger partial charge in [-0.3, -0.25) is 4.21 Å². The van der Waals surface area contributed by atoms with Gasteiger partial charge in [-0.05, 0) is 18.2 Å². The van der Waals surface area contributed by atoms with Crippen molar-refractivity contribution in [3.8, 4) is 0 Å². The van der Waals surface area contributed by atoms with E-state index < -0.39 is 10.8 Å². The van der Waals surface area contributed by atoms with Gasteiger partial charge in [-0.1, -0.05) is 11.6 Å². The van der Waals surface area contributed by atoms with Crippen molar-refractivity contribution in [3.63, 3.8) is 0 Å². The molecule has 0 aromatic heterocycles. The number of anilines is 1. The number of halogens is 1. The molecule has 0 saturated carbocycles. The highest BCUT2D eigenvalue weighted by Crippen LogP contribution is 2.21. The molecule has 1 aromatic rings. The average molecular weight is 278 g/mol. The normalized spacial score (nSPS) is 12.6. The summed E-state index contributed by atoms with van der Waals surface area (Å²) in [6.07, 6.45) is 0. The Balaban J connectivity index is 2.39. The molecule has 0 fully saturated rings. The van der Waals surface area contributed by atoms with Gasteiger partial charge < -0.3 is 15.2 Å². The molecule has 0 aliphatic heterocycles. The summed E-state index contributed by atoms with van der Waals surface area (Å²) in [7, 11) is 0.496. The molecule has 0 aliphatic carbocycles. The van der Waals surface area contributed by atoms with E-state index in [0.717, 1.165) is 0 Å². The number of hydrogen-bond acceptors (Lipinski definition) is 4. The highest BCUT2D eigenvalue weighted by Gasteiger charge is 2.06. The van der Waals surface area contributed by atoms with Gasteiger partial charge in [-0.2, -0.15) is 0 Å². The molecule has 0 saturated heterocycles. The van der Waals surface area contributed by atoms with Crippen molar-refractivity contribution in [2.24, 2.45) is 0 Å². The molecule has 1 atom stereocenters. The van der Waals surface area contributed by atoms with Crippen molar-refractivity contribution in [2.75, 3.05) is 38.4 Å². The van der Waals surface area contributed by atoms with E-state index in [0.29, 0.717) is 41.2 Å². The van der Waals surface area contributed by atoms with Gasteiger partial charge in [0.05, 0.1) is 47.1 Å². The molecule has 0 spiro atoms. The molecule has 6 heteroatoms. The lowest BCUT2D eigenvalue weighted by molar-refractivity contribution is 0.0787. The monoisotopic (exact) mass is 277 g/mol. The van der Waals surface area contributed by atoms with Crippen LogP contribution in [0.4, 0.5) is 5.69 Å². The minimum atomic E-state index is -1.11. The van der Waals surface area contributed by atoms with Gasteiger partial charge in [0.1, 0.15) is 0 Å². The molecule has 4 nitrogen and oxygen atoms in total. The molecule has 1 unspecified atom stereocenters. The van der Waals surface area contributed by atoms with Gasteiger partial charge in [0, 0.05) is 12.0 Å². The summed E-state index contributed by atoms with van der Waals surface area (Å²) >= 11 is 5.85. The van der Waals surface area contributed by atoms with E-state index in [2.05, 4.69) is 0 Å². The second kappa shape index (κ2) is 7.66. The number of nitrogen functional groups attached to an aromatic ring is 1. The minimum Gasteiger partial charge on any atom is -0.398 e. The molecule has 17 heavy (non-hydrogen) atoms. The van der Waals surface area contributed by atoms with Crippen LogP contribution in [-0.2, 0) is 20.3 Å². The largest absolute Gasteiger partial charge is 0.398 e. The lowest BCUT2D eigenvalue weighted by atomic mass is 10.3. The highest BCUT2D eigenvalue weighted by molar-refractivity contribution is 7.85. The number of benzene rings is 1. The first kappa shape index (κ1) is 14.4. The maximum Gasteiger partial charge on any atom is 0.0700 e. The molecule has 1 rings (SSSR count). The van der Waals surface area contributed by atoms with Crippen LogP contribution >= 0.6 is 11.6 Å². The fourth-order valence-electron chi connectivity index (χ4n) is 1.15. The van der Waals surface area contributed by atoms with Gasteiger partial charge in [0.2, 0.25) is 0 Å². The molecule has 0 amide bonds. The quantitative estimate of drug-likeness (QED) is 0.609. The van der Waals surface area contributed by atoms with Crippen LogP contribution in [0.2, 0.25) is 5.02 Å². The lowest BCUT2D eigenvalue weighted by Gasteiger charge is -2.05. The van der Waals surface area contributed by atoms with E-state index in [4.69, 9.17) is 26.8 Å². The standard InChI is InChI=1S/C11H16ClNO3S/c1-15-4-5-16-6-7-17(14)9-2-3-11(13)10(12)8-9/h2-3,8H,4-7,13H2,1H3. The van der Waals surface area contributed by atoms with Crippen LogP contribution in [-0.4, -0.2) is 36.9 Å². The van der Waals surface area contributed by atoms with Gasteiger partial charge >= 0.3 is 0 Å². The second-order valence-electron chi connectivity index (χ2n) is 3.34. The summed E-state index contributed by atoms with van der Waals surface area (Å²) in [5.41, 5.74) is 6.06. The number of methoxy groups -OCH3 is 1. The Bertz CT molecular complexity index is 387. The summed E-state index contributed by atoms with van der Waals surface area (Å²) < 4.78 is 21.9. The Morgan fingerprint density at radius 3 is 2.76 bits per heavy atom. The van der Waals surface area contributed by atoms with E-state index in [1.807, 2.05) is 0 Å². The average Bonchev–Trinajstić information content (AvgIpc) is 2.32. The molecule has 96 valence electrons. The molecule has 0 bridgehead atoms. The van der Waals surface area contributed by atoms with Gasteiger partial charge in [0.25, 0.3) is 0 Å². The van der Waals surface area contributed by atoms with Crippen molar-refractivity contribution in [1.29, 1.82) is 0 Å². The Kier molecular flexibility index (Phi) is 6.50. The number of rotatable bonds is 7. The van der Waals surface area contributed by atoms with Crippen molar-refractivity contribution >= 4 is 28.1 Å². The third-order valence-electron chi connectivity index (χ3n) is 2.08. The maximum atomic E-state index is 11.8. The Hall–Kier alpha value is -0.620. The van der Waals surface area contributed by atoms with E-state index in [1.165, 1.54) is 0 Å². The first-order chi connectivity index (χ1) is 8.15. The maximum absolute atomic E-state index is 11.8. The third kappa shape index (κ3) is 5.04. The van der Waals surface area contributed by atoms with Crippen LogP contribution in [0.25, 0.3) is 0 Å². The van der Waals surface area contributed by atoms with Crippen LogP contribution in [0.1, 0.15) is 0 Å². The van der Waals surface area contributed by atoms with Crippen LogP contribution in [0.15, 0.2) is 23.1 Å². The van der Waals surface area contributed by atoms with Gasteiger partial charge in [-0.25, -0.2) is 0 Å². The zero-order valence-electron chi connectivity index (χ0n) is 9.65. The zero-order valence-corrected chi connectivity index (χ0v) is 11.2. The van der Waals surface area contributed by atoms with E-state index in [1.54, 1.807) is 25.3 Å². The Morgan fingerprint density at radius 1 is 1.35 bits per heavy atom. The first-order valence-corrected chi connectivity index (χ1v) is 6.85. The third-order valence-corrected chi connectivity index (χ3v) is 3.72. The van der Waals surface area contributed by atoms with Crippen molar-refractivity contribution in [2.45, 2.75) is 4.90 Å². The SMILES string of the molecule is COCCOCCS(=O)c1ccc(N)c(Cl)c1. The van der Waals surface area contributed by atoms with E-state index in [-0.39, 0.29) is 0 Å². The molecule has 0 heterocycles. The summed E-state index contributed by atoms with van der Waals surface area (Å²) in [5.74, 6) is 0.434. The van der Waals surface area contributed by atoms with Crippen LogP contribution in [0, 0.1) is 0 Å². The number of hydrogen-bond donors (Lipinski definition) is 1. The van der Waals surface area contributed by atoms with Gasteiger partial charge in [-0.15, -0.1) is 0 Å². The lowest BCUT2D eigenvalue weighted by Crippen LogP contribution is -2.09. The fourth-order valence-corrected chi connectivity index (χ4v) is 2.37. The Morgan fingerprint density at radius 2 is 2.12 bits per heavy atom. The molecular formula is C11H16ClNO3S. The number of nitrogens with two attached hydrogens (primary N) is 1. The smallest absolute Gasteiger partial charge is 0.0700 e. The molecular weight excluding hydrogens is 262 g/mol. The van der Waals surface area contributed by atoms with Crippen molar-refractivity contribution in [3.05, 3.63) is 23.2 Å². The van der Waals surface area contributed by atoms with Crippen LogP contribution < -0.4 is 5.73 Å². The van der Waals surface area contributed by atoms with Crippen molar-refractivity contribution < 1.29 is 13.7 Å². The molecule has 0 aliphatic rings. The topological polar surface area (TPSA) is 61.5 Å². The molecule has 0 radical (unpaired) electrons. The first-order valence-electron chi connectivity index (χ1n) is 5.15. The van der Waals surface area contributed by atoms with Crippen molar-refractivity contribution in [1.82, 2.24) is 0 Å². The zero-order chi connectivity index (χ0) is 12.7. The summed E-state index contributed by atoms with van der Waals surface area (Å²) in [6.45, 7) is 1.48. The summed E-state index contributed by atoms with van der Waals surface area (Å²) in [6, 6.07) is 5.00. The molecule has 2 N–H and O–H groups in total. The summed E-state index contributed by atoms with van der Waals surface area (Å²) in [5, 5.41) is 0.427. The number of ether oxygens (including phenoxy) is 2. The predicted molar refractivity (Wildman–Crippen MR) is 69.8 cm³/mol. The van der Waals surface area contributed by atoms with Crippen LogP contribution in [0.5, 0.6) is 0 Å². The Labute approximate surface area is 109 Å².